The zero-order chi connectivity index (χ0) is 17.3. The number of pyridine rings is 3. The summed E-state index contributed by atoms with van der Waals surface area (Å²) >= 11 is 0. The van der Waals surface area contributed by atoms with Gasteiger partial charge in [-0.1, -0.05) is 0 Å². The summed E-state index contributed by atoms with van der Waals surface area (Å²) in [5, 5.41) is 6.61. The van der Waals surface area contributed by atoms with Crippen LogP contribution in [-0.2, 0) is 0 Å². The van der Waals surface area contributed by atoms with Crippen molar-refractivity contribution in [2.24, 2.45) is 0 Å². The van der Waals surface area contributed by atoms with Crippen LogP contribution in [0.2, 0.25) is 0 Å². The van der Waals surface area contributed by atoms with Crippen molar-refractivity contribution >= 4 is 34.1 Å². The Morgan fingerprint density at radius 1 is 1.17 bits per heavy atom. The first kappa shape index (κ1) is 15.5. The van der Waals surface area contributed by atoms with E-state index in [0.717, 1.165) is 16.5 Å². The van der Waals surface area contributed by atoms with E-state index >= 15 is 0 Å². The number of rotatable bonds is 2. The third kappa shape index (κ3) is 2.76. The summed E-state index contributed by atoms with van der Waals surface area (Å²) in [5.41, 5.74) is 14.9. The quantitative estimate of drug-likeness (QED) is 0.569. The SMILES string of the molecule is CNC(=O)Nc1cc2cc(-c3cncc(N)c3C)nc(N)c2cn1. The van der Waals surface area contributed by atoms with Crippen LogP contribution in [0.15, 0.2) is 30.7 Å². The maximum Gasteiger partial charge on any atom is 0.320 e. The van der Waals surface area contributed by atoms with E-state index in [-0.39, 0.29) is 6.03 Å². The minimum absolute atomic E-state index is 0.347. The van der Waals surface area contributed by atoms with E-state index in [4.69, 9.17) is 11.5 Å². The molecule has 0 bridgehead atoms. The minimum Gasteiger partial charge on any atom is -0.397 e. The number of aromatic nitrogens is 3. The highest BCUT2D eigenvalue weighted by Gasteiger charge is 2.11. The molecule has 0 aliphatic heterocycles. The van der Waals surface area contributed by atoms with Crippen LogP contribution in [0.1, 0.15) is 5.56 Å². The molecule has 3 heterocycles. The average Bonchev–Trinajstić information content (AvgIpc) is 2.56. The molecule has 0 saturated carbocycles. The first-order chi connectivity index (χ1) is 11.5. The van der Waals surface area contributed by atoms with E-state index in [9.17, 15) is 4.79 Å². The highest BCUT2D eigenvalue weighted by Crippen LogP contribution is 2.30. The van der Waals surface area contributed by atoms with Gasteiger partial charge < -0.3 is 16.8 Å². The number of carbonyl (C=O) groups is 1. The monoisotopic (exact) mass is 323 g/mol. The highest BCUT2D eigenvalue weighted by molar-refractivity contribution is 5.97. The van der Waals surface area contributed by atoms with E-state index in [1.54, 1.807) is 24.7 Å². The molecule has 0 fully saturated rings. The van der Waals surface area contributed by atoms with Gasteiger partial charge in [0.1, 0.15) is 11.6 Å². The minimum atomic E-state index is -0.347. The largest absolute Gasteiger partial charge is 0.397 e. The average molecular weight is 323 g/mol. The molecule has 0 radical (unpaired) electrons. The van der Waals surface area contributed by atoms with Gasteiger partial charge in [0, 0.05) is 30.4 Å². The molecule has 8 heteroatoms. The normalized spacial score (nSPS) is 10.6. The van der Waals surface area contributed by atoms with Crippen molar-refractivity contribution in [3.8, 4) is 11.3 Å². The number of carbonyl (C=O) groups excluding carboxylic acids is 1. The Hall–Kier alpha value is -3.42. The van der Waals surface area contributed by atoms with Crippen LogP contribution in [0, 0.1) is 6.92 Å². The van der Waals surface area contributed by atoms with Crippen molar-refractivity contribution in [1.82, 2.24) is 20.3 Å². The van der Waals surface area contributed by atoms with E-state index in [2.05, 4.69) is 25.6 Å². The number of hydrogen-bond acceptors (Lipinski definition) is 6. The number of urea groups is 1. The Kier molecular flexibility index (Phi) is 3.87. The lowest BCUT2D eigenvalue weighted by Crippen LogP contribution is -2.24. The van der Waals surface area contributed by atoms with Gasteiger partial charge in [-0.3, -0.25) is 10.3 Å². The van der Waals surface area contributed by atoms with Crippen molar-refractivity contribution in [3.05, 3.63) is 36.3 Å². The summed E-state index contributed by atoms with van der Waals surface area (Å²) < 4.78 is 0. The van der Waals surface area contributed by atoms with E-state index in [1.807, 2.05) is 13.0 Å². The zero-order valence-corrected chi connectivity index (χ0v) is 13.3. The molecule has 0 spiro atoms. The molecular weight excluding hydrogens is 306 g/mol. The Balaban J connectivity index is 2.13. The molecule has 0 atom stereocenters. The third-order valence-electron chi connectivity index (χ3n) is 3.74. The van der Waals surface area contributed by atoms with Gasteiger partial charge in [-0.05, 0) is 30.0 Å². The van der Waals surface area contributed by atoms with Crippen molar-refractivity contribution < 1.29 is 4.79 Å². The molecule has 8 nitrogen and oxygen atoms in total. The fourth-order valence-electron chi connectivity index (χ4n) is 2.36. The standard InChI is InChI=1S/C16H17N7O/c1-8-10(5-20-7-12(8)17)13-3-9-4-14(23-16(24)19-2)21-6-11(9)15(18)22-13/h3-7H,17H2,1-2H3,(H2,18,22)(H2,19,21,23,24). The van der Waals surface area contributed by atoms with E-state index in [1.165, 1.54) is 7.05 Å². The molecule has 24 heavy (non-hydrogen) atoms. The Morgan fingerprint density at radius 2 is 1.96 bits per heavy atom. The molecule has 0 aliphatic rings. The smallest absolute Gasteiger partial charge is 0.320 e. The summed E-state index contributed by atoms with van der Waals surface area (Å²) in [4.78, 5) is 24.1. The Morgan fingerprint density at radius 3 is 2.71 bits per heavy atom. The van der Waals surface area contributed by atoms with Crippen LogP contribution in [0.25, 0.3) is 22.0 Å². The van der Waals surface area contributed by atoms with Gasteiger partial charge >= 0.3 is 6.03 Å². The number of hydrogen-bond donors (Lipinski definition) is 4. The van der Waals surface area contributed by atoms with Crippen LogP contribution in [0.3, 0.4) is 0 Å². The summed E-state index contributed by atoms with van der Waals surface area (Å²) in [7, 11) is 1.53. The topological polar surface area (TPSA) is 132 Å². The molecule has 3 aromatic rings. The predicted molar refractivity (Wildman–Crippen MR) is 94.4 cm³/mol. The number of nitrogens with two attached hydrogens (primary N) is 2. The zero-order valence-electron chi connectivity index (χ0n) is 13.3. The lowest BCUT2D eigenvalue weighted by atomic mass is 10.0. The molecule has 3 rings (SSSR count). The van der Waals surface area contributed by atoms with Crippen LogP contribution < -0.4 is 22.1 Å². The van der Waals surface area contributed by atoms with Crippen LogP contribution in [0.5, 0.6) is 0 Å². The van der Waals surface area contributed by atoms with Gasteiger partial charge in [0.05, 0.1) is 17.6 Å². The third-order valence-corrected chi connectivity index (χ3v) is 3.74. The molecule has 3 aromatic heterocycles. The lowest BCUT2D eigenvalue weighted by molar-refractivity contribution is 0.254. The molecule has 0 aromatic carbocycles. The van der Waals surface area contributed by atoms with Gasteiger partial charge in [-0.2, -0.15) is 0 Å². The predicted octanol–water partition coefficient (Wildman–Crippen LogP) is 1.92. The van der Waals surface area contributed by atoms with Gasteiger partial charge in [-0.15, -0.1) is 0 Å². The van der Waals surface area contributed by atoms with Crippen LogP contribution in [-0.4, -0.2) is 28.0 Å². The maximum absolute atomic E-state index is 11.4. The Bertz CT molecular complexity index is 939. The van der Waals surface area contributed by atoms with Gasteiger partial charge in [0.25, 0.3) is 0 Å². The van der Waals surface area contributed by atoms with E-state index < -0.39 is 0 Å². The van der Waals surface area contributed by atoms with Crippen molar-refractivity contribution in [2.75, 3.05) is 23.8 Å². The number of amides is 2. The van der Waals surface area contributed by atoms with Crippen molar-refractivity contribution in [3.63, 3.8) is 0 Å². The number of nitrogen functional groups attached to an aromatic ring is 2. The number of nitrogens with zero attached hydrogens (tertiary/aromatic N) is 3. The summed E-state index contributed by atoms with van der Waals surface area (Å²) in [5.74, 6) is 0.768. The number of fused-ring (bicyclic) bond motifs is 1. The number of anilines is 3. The molecule has 0 saturated heterocycles. The van der Waals surface area contributed by atoms with E-state index in [0.29, 0.717) is 28.4 Å². The summed E-state index contributed by atoms with van der Waals surface area (Å²) in [6.07, 6.45) is 4.87. The molecule has 122 valence electrons. The molecule has 0 unspecified atom stereocenters. The molecule has 2 amide bonds. The summed E-state index contributed by atoms with van der Waals surface area (Å²) in [6.45, 7) is 1.90. The first-order valence-electron chi connectivity index (χ1n) is 7.25. The second-order valence-electron chi connectivity index (χ2n) is 5.29. The van der Waals surface area contributed by atoms with Crippen molar-refractivity contribution in [2.45, 2.75) is 6.92 Å². The number of nitrogens with one attached hydrogen (secondary N) is 2. The fourth-order valence-corrected chi connectivity index (χ4v) is 2.36. The summed E-state index contributed by atoms with van der Waals surface area (Å²) in [6, 6.07) is 3.26. The van der Waals surface area contributed by atoms with Crippen molar-refractivity contribution in [1.29, 1.82) is 0 Å². The fraction of sp³-hybridized carbons (Fsp3) is 0.125. The maximum atomic E-state index is 11.4. The second kappa shape index (κ2) is 5.99. The first-order valence-corrected chi connectivity index (χ1v) is 7.25. The molecule has 6 N–H and O–H groups in total. The van der Waals surface area contributed by atoms with Crippen LogP contribution >= 0.6 is 0 Å². The molecular formula is C16H17N7O. The van der Waals surface area contributed by atoms with Gasteiger partial charge in [0.15, 0.2) is 0 Å². The Labute approximate surface area is 138 Å². The van der Waals surface area contributed by atoms with Gasteiger partial charge in [0.2, 0.25) is 0 Å². The van der Waals surface area contributed by atoms with Crippen LogP contribution in [0.4, 0.5) is 22.1 Å². The highest BCUT2D eigenvalue weighted by atomic mass is 16.2. The molecule has 0 aliphatic carbocycles. The lowest BCUT2D eigenvalue weighted by Gasteiger charge is -2.11. The van der Waals surface area contributed by atoms with Gasteiger partial charge in [-0.25, -0.2) is 14.8 Å². The second-order valence-corrected chi connectivity index (χ2v) is 5.29.